The minimum Gasteiger partial charge on any atom is -0.350 e. The Morgan fingerprint density at radius 2 is 1.81 bits per heavy atom. The van der Waals surface area contributed by atoms with Crippen LogP contribution in [0.5, 0.6) is 0 Å². The molecule has 0 radical (unpaired) electrons. The first-order valence-corrected chi connectivity index (χ1v) is 8.15. The predicted molar refractivity (Wildman–Crippen MR) is 92.5 cm³/mol. The molecule has 0 aliphatic heterocycles. The third-order valence-electron chi connectivity index (χ3n) is 4.20. The average molecular weight is 361 g/mol. The van der Waals surface area contributed by atoms with Gasteiger partial charge in [-0.15, -0.1) is 0 Å². The summed E-state index contributed by atoms with van der Waals surface area (Å²) >= 11 is 0. The van der Waals surface area contributed by atoms with Gasteiger partial charge in [0.2, 0.25) is 11.7 Å². The molecular formula is C19H18F3N3O. The van der Waals surface area contributed by atoms with Crippen LogP contribution in [0, 0.1) is 6.92 Å². The quantitative estimate of drug-likeness (QED) is 0.756. The summed E-state index contributed by atoms with van der Waals surface area (Å²) in [5.41, 5.74) is 2.45. The van der Waals surface area contributed by atoms with E-state index in [0.717, 1.165) is 15.7 Å². The molecule has 136 valence electrons. The van der Waals surface area contributed by atoms with Crippen LogP contribution in [0.25, 0.3) is 11.0 Å². The van der Waals surface area contributed by atoms with E-state index in [2.05, 4.69) is 10.3 Å². The van der Waals surface area contributed by atoms with E-state index in [1.54, 1.807) is 12.1 Å². The van der Waals surface area contributed by atoms with Gasteiger partial charge in [0.15, 0.2) is 0 Å². The number of hydrogen-bond acceptors (Lipinski definition) is 2. The molecule has 0 fully saturated rings. The third kappa shape index (κ3) is 3.56. The van der Waals surface area contributed by atoms with Gasteiger partial charge in [0.1, 0.15) is 6.04 Å². The van der Waals surface area contributed by atoms with Gasteiger partial charge in [-0.1, -0.05) is 42.0 Å². The lowest BCUT2D eigenvalue weighted by Gasteiger charge is -2.18. The highest BCUT2D eigenvalue weighted by molar-refractivity contribution is 5.84. The number of fused-ring (bicyclic) bond motifs is 1. The van der Waals surface area contributed by atoms with Crippen molar-refractivity contribution in [1.29, 1.82) is 0 Å². The molecule has 0 aliphatic carbocycles. The smallest absolute Gasteiger partial charge is 0.350 e. The van der Waals surface area contributed by atoms with E-state index < -0.39 is 23.9 Å². The Balaban J connectivity index is 1.87. The number of amides is 1. The molecule has 0 saturated heterocycles. The fourth-order valence-corrected chi connectivity index (χ4v) is 2.80. The lowest BCUT2D eigenvalue weighted by Crippen LogP contribution is -2.32. The maximum absolute atomic E-state index is 13.4. The van der Waals surface area contributed by atoms with Crippen molar-refractivity contribution in [3.05, 3.63) is 65.5 Å². The second-order valence-electron chi connectivity index (χ2n) is 6.17. The first-order valence-electron chi connectivity index (χ1n) is 8.15. The molecule has 1 heterocycles. The number of aryl methyl sites for hydroxylation is 1. The van der Waals surface area contributed by atoms with Gasteiger partial charge in [0.05, 0.1) is 11.0 Å². The van der Waals surface area contributed by atoms with Crippen molar-refractivity contribution < 1.29 is 18.0 Å². The van der Waals surface area contributed by atoms with Gasteiger partial charge in [-0.05, 0) is 31.5 Å². The number of para-hydroxylation sites is 2. The predicted octanol–water partition coefficient (Wildman–Crippen LogP) is 4.24. The molecule has 0 spiro atoms. The lowest BCUT2D eigenvalue weighted by molar-refractivity contribution is -0.148. The molecule has 1 N–H and O–H groups in total. The molecule has 0 unspecified atom stereocenters. The van der Waals surface area contributed by atoms with Crippen molar-refractivity contribution in [3.63, 3.8) is 0 Å². The monoisotopic (exact) mass is 361 g/mol. The summed E-state index contributed by atoms with van der Waals surface area (Å²) < 4.78 is 41.1. The molecule has 26 heavy (non-hydrogen) atoms. The van der Waals surface area contributed by atoms with E-state index >= 15 is 0 Å². The van der Waals surface area contributed by atoms with Gasteiger partial charge < -0.3 is 9.88 Å². The van der Waals surface area contributed by atoms with Gasteiger partial charge in [-0.25, -0.2) is 4.98 Å². The number of rotatable bonds is 4. The Labute approximate surface area is 148 Å². The van der Waals surface area contributed by atoms with Crippen molar-refractivity contribution >= 4 is 16.9 Å². The molecular weight excluding hydrogens is 343 g/mol. The highest BCUT2D eigenvalue weighted by Crippen LogP contribution is 2.33. The molecule has 0 aliphatic rings. The SMILES string of the molecule is Cc1ccc(CNC(=O)[C@H](C)n2c(C(F)(F)F)nc3ccccc32)cc1. The highest BCUT2D eigenvalue weighted by atomic mass is 19.4. The molecule has 4 nitrogen and oxygen atoms in total. The number of benzene rings is 2. The zero-order chi connectivity index (χ0) is 18.9. The number of hydrogen-bond donors (Lipinski definition) is 1. The standard InChI is InChI=1S/C19H18F3N3O/c1-12-7-9-14(10-8-12)11-23-17(26)13(2)25-16-6-4-3-5-15(16)24-18(25)19(20,21)22/h3-10,13H,11H2,1-2H3,(H,23,26)/t13-/m0/s1. The Kier molecular flexibility index (Phi) is 4.71. The molecule has 3 rings (SSSR count). The normalized spacial score (nSPS) is 13.0. The van der Waals surface area contributed by atoms with Crippen molar-refractivity contribution in [3.8, 4) is 0 Å². The molecule has 0 saturated carbocycles. The Morgan fingerprint density at radius 1 is 1.15 bits per heavy atom. The van der Waals surface area contributed by atoms with Crippen LogP contribution in [-0.4, -0.2) is 15.5 Å². The van der Waals surface area contributed by atoms with Crippen LogP contribution in [0.1, 0.15) is 29.9 Å². The van der Waals surface area contributed by atoms with Gasteiger partial charge >= 0.3 is 6.18 Å². The summed E-state index contributed by atoms with van der Waals surface area (Å²) in [6.07, 6.45) is -4.65. The van der Waals surface area contributed by atoms with Gasteiger partial charge in [0, 0.05) is 6.54 Å². The maximum Gasteiger partial charge on any atom is 0.449 e. The van der Waals surface area contributed by atoms with Crippen LogP contribution >= 0.6 is 0 Å². The molecule has 1 atom stereocenters. The van der Waals surface area contributed by atoms with E-state index in [-0.39, 0.29) is 17.6 Å². The van der Waals surface area contributed by atoms with Crippen LogP contribution in [0.4, 0.5) is 13.2 Å². The Morgan fingerprint density at radius 3 is 2.46 bits per heavy atom. The number of aromatic nitrogens is 2. The summed E-state index contributed by atoms with van der Waals surface area (Å²) in [6.45, 7) is 3.64. The summed E-state index contributed by atoms with van der Waals surface area (Å²) in [5.74, 6) is -1.57. The minimum atomic E-state index is -4.65. The van der Waals surface area contributed by atoms with Gasteiger partial charge in [-0.2, -0.15) is 13.2 Å². The summed E-state index contributed by atoms with van der Waals surface area (Å²) in [6, 6.07) is 12.8. The topological polar surface area (TPSA) is 46.9 Å². The third-order valence-corrected chi connectivity index (χ3v) is 4.20. The molecule has 0 bridgehead atoms. The van der Waals surface area contributed by atoms with E-state index in [1.165, 1.54) is 19.1 Å². The molecule has 1 amide bonds. The Hall–Kier alpha value is -2.83. The van der Waals surface area contributed by atoms with E-state index in [1.807, 2.05) is 31.2 Å². The van der Waals surface area contributed by atoms with Gasteiger partial charge in [-0.3, -0.25) is 4.79 Å². The highest BCUT2D eigenvalue weighted by Gasteiger charge is 2.39. The van der Waals surface area contributed by atoms with E-state index in [9.17, 15) is 18.0 Å². The van der Waals surface area contributed by atoms with E-state index in [4.69, 9.17) is 0 Å². The fourth-order valence-electron chi connectivity index (χ4n) is 2.80. The number of alkyl halides is 3. The number of carbonyl (C=O) groups excluding carboxylic acids is 1. The second-order valence-corrected chi connectivity index (χ2v) is 6.17. The molecule has 1 aromatic heterocycles. The number of imidazole rings is 1. The van der Waals surface area contributed by atoms with Crippen molar-refractivity contribution in [2.24, 2.45) is 0 Å². The van der Waals surface area contributed by atoms with Crippen LogP contribution in [0.3, 0.4) is 0 Å². The van der Waals surface area contributed by atoms with Crippen molar-refractivity contribution in [2.75, 3.05) is 0 Å². The first kappa shape index (κ1) is 18.0. The molecule has 3 aromatic rings. The molecule has 7 heteroatoms. The van der Waals surface area contributed by atoms with Crippen LogP contribution in [0.2, 0.25) is 0 Å². The van der Waals surface area contributed by atoms with Crippen LogP contribution in [0.15, 0.2) is 48.5 Å². The molecule has 2 aromatic carbocycles. The number of nitrogens with one attached hydrogen (secondary N) is 1. The summed E-state index contributed by atoms with van der Waals surface area (Å²) in [4.78, 5) is 16.2. The zero-order valence-electron chi connectivity index (χ0n) is 14.3. The van der Waals surface area contributed by atoms with Crippen molar-refractivity contribution in [2.45, 2.75) is 32.6 Å². The van der Waals surface area contributed by atoms with E-state index in [0.29, 0.717) is 0 Å². The zero-order valence-corrected chi connectivity index (χ0v) is 14.3. The first-order chi connectivity index (χ1) is 12.3. The summed E-state index contributed by atoms with van der Waals surface area (Å²) in [5, 5.41) is 2.69. The lowest BCUT2D eigenvalue weighted by atomic mass is 10.1. The van der Waals surface area contributed by atoms with Crippen LogP contribution < -0.4 is 5.32 Å². The minimum absolute atomic E-state index is 0.206. The number of carbonyl (C=O) groups is 1. The van der Waals surface area contributed by atoms with Crippen LogP contribution in [-0.2, 0) is 17.5 Å². The summed E-state index contributed by atoms with van der Waals surface area (Å²) in [7, 11) is 0. The maximum atomic E-state index is 13.4. The number of nitrogens with zero attached hydrogens (tertiary/aromatic N) is 2. The van der Waals surface area contributed by atoms with Gasteiger partial charge in [0.25, 0.3) is 0 Å². The second kappa shape index (κ2) is 6.82. The largest absolute Gasteiger partial charge is 0.449 e. The fraction of sp³-hybridized carbons (Fsp3) is 0.263. The average Bonchev–Trinajstić information content (AvgIpc) is 3.00. The number of halogens is 3. The Bertz CT molecular complexity index is 929. The van der Waals surface area contributed by atoms with Crippen molar-refractivity contribution in [1.82, 2.24) is 14.9 Å².